The van der Waals surface area contributed by atoms with Crippen molar-refractivity contribution in [3.8, 4) is 11.5 Å². The van der Waals surface area contributed by atoms with Crippen molar-refractivity contribution in [3.05, 3.63) is 87.7 Å². The zero-order valence-corrected chi connectivity index (χ0v) is 19.3. The number of hydrogen-bond acceptors (Lipinski definition) is 5. The Kier molecular flexibility index (Phi) is 8.79. The molecule has 0 aliphatic carbocycles. The van der Waals surface area contributed by atoms with E-state index >= 15 is 0 Å². The second-order valence-corrected chi connectivity index (χ2v) is 8.30. The highest BCUT2D eigenvalue weighted by Gasteiger charge is 2.13. The summed E-state index contributed by atoms with van der Waals surface area (Å²) in [5.41, 5.74) is 3.25. The number of nitrogens with one attached hydrogen (secondary N) is 1. The van der Waals surface area contributed by atoms with E-state index in [1.165, 1.54) is 37.2 Å². The predicted molar refractivity (Wildman–Crippen MR) is 127 cm³/mol. The van der Waals surface area contributed by atoms with Gasteiger partial charge in [-0.05, 0) is 48.5 Å². The van der Waals surface area contributed by atoms with E-state index in [9.17, 15) is 9.18 Å². The maximum atomic E-state index is 14.1. The van der Waals surface area contributed by atoms with Gasteiger partial charge in [-0.2, -0.15) is 5.10 Å². The number of para-hydroxylation sites is 1. The lowest BCUT2D eigenvalue weighted by Crippen LogP contribution is -2.19. The maximum Gasteiger partial charge on any atom is 0.250 e. The molecule has 9 heteroatoms. The lowest BCUT2D eigenvalue weighted by atomic mass is 10.2. The van der Waals surface area contributed by atoms with Gasteiger partial charge in [0, 0.05) is 21.0 Å². The molecule has 166 valence electrons. The zero-order valence-electron chi connectivity index (χ0n) is 17.0. The van der Waals surface area contributed by atoms with E-state index in [0.717, 1.165) is 4.90 Å². The van der Waals surface area contributed by atoms with Gasteiger partial charge in [-0.3, -0.25) is 4.79 Å². The number of nitrogens with zero attached hydrogens (tertiary/aromatic N) is 1. The molecule has 1 N–H and O–H groups in total. The van der Waals surface area contributed by atoms with Crippen molar-refractivity contribution in [2.75, 3.05) is 12.9 Å². The first-order valence-corrected chi connectivity index (χ1v) is 11.1. The summed E-state index contributed by atoms with van der Waals surface area (Å²) in [7, 11) is 1.49. The van der Waals surface area contributed by atoms with E-state index in [0.29, 0.717) is 22.1 Å². The van der Waals surface area contributed by atoms with E-state index in [-0.39, 0.29) is 28.9 Å². The van der Waals surface area contributed by atoms with Crippen LogP contribution in [0.15, 0.2) is 70.7 Å². The van der Waals surface area contributed by atoms with Gasteiger partial charge in [0.1, 0.15) is 12.4 Å². The van der Waals surface area contributed by atoms with Crippen molar-refractivity contribution in [3.63, 3.8) is 0 Å². The smallest absolute Gasteiger partial charge is 0.250 e. The van der Waals surface area contributed by atoms with Crippen LogP contribution in [0.3, 0.4) is 0 Å². The molecule has 0 atom stereocenters. The molecule has 0 unspecified atom stereocenters. The number of amides is 1. The Bertz CT molecular complexity index is 1090. The summed E-state index contributed by atoms with van der Waals surface area (Å²) in [6.07, 6.45) is 1.44. The van der Waals surface area contributed by atoms with E-state index in [2.05, 4.69) is 10.5 Å². The van der Waals surface area contributed by atoms with Crippen LogP contribution in [-0.2, 0) is 11.4 Å². The molecule has 0 saturated heterocycles. The van der Waals surface area contributed by atoms with Crippen LogP contribution in [0.4, 0.5) is 4.39 Å². The number of thioether (sulfide) groups is 1. The molecule has 0 bridgehead atoms. The van der Waals surface area contributed by atoms with Gasteiger partial charge in [0.25, 0.3) is 0 Å². The standard InChI is InChI=1S/C23H19Cl2FN2O3S/c1-30-21-7-2-4-15(23(21)31-13-18-19(25)5-3-6-20(18)26)12-27-28-22(29)14-32-17-10-8-16(24)9-11-17/h2-12H,13-14H2,1H3,(H,28,29)/b27-12+. The monoisotopic (exact) mass is 492 g/mol. The van der Waals surface area contributed by atoms with Crippen LogP contribution < -0.4 is 14.9 Å². The van der Waals surface area contributed by atoms with Gasteiger partial charge in [-0.1, -0.05) is 35.3 Å². The first kappa shape index (κ1) is 23.9. The molecule has 0 aliphatic rings. The minimum absolute atomic E-state index is 0.100. The number of ether oxygens (including phenoxy) is 2. The van der Waals surface area contributed by atoms with Crippen LogP contribution >= 0.6 is 35.0 Å². The Morgan fingerprint density at radius 1 is 1.12 bits per heavy atom. The topological polar surface area (TPSA) is 59.9 Å². The molecule has 0 aliphatic heterocycles. The minimum Gasteiger partial charge on any atom is -0.493 e. The summed E-state index contributed by atoms with van der Waals surface area (Å²) in [6.45, 7) is -0.100. The van der Waals surface area contributed by atoms with Crippen molar-refractivity contribution in [1.29, 1.82) is 0 Å². The highest BCUT2D eigenvalue weighted by molar-refractivity contribution is 8.00. The number of carbonyl (C=O) groups excluding carboxylic acids is 1. The molecule has 3 aromatic carbocycles. The number of benzene rings is 3. The Morgan fingerprint density at radius 3 is 2.59 bits per heavy atom. The Balaban J connectivity index is 1.64. The SMILES string of the molecule is COc1cccc(/C=N/NC(=O)CSc2ccc(Cl)cc2)c1OCc1c(F)cccc1Cl. The number of rotatable bonds is 9. The lowest BCUT2D eigenvalue weighted by Gasteiger charge is -2.14. The lowest BCUT2D eigenvalue weighted by molar-refractivity contribution is -0.118. The molecule has 0 spiro atoms. The van der Waals surface area contributed by atoms with Gasteiger partial charge in [-0.15, -0.1) is 11.8 Å². The van der Waals surface area contributed by atoms with Crippen molar-refractivity contribution in [2.45, 2.75) is 11.5 Å². The molecular weight excluding hydrogens is 474 g/mol. The Hall–Kier alpha value is -2.74. The number of hydrogen-bond donors (Lipinski definition) is 1. The van der Waals surface area contributed by atoms with Crippen LogP contribution in [-0.4, -0.2) is 25.0 Å². The summed E-state index contributed by atoms with van der Waals surface area (Å²) in [4.78, 5) is 13.0. The van der Waals surface area contributed by atoms with Gasteiger partial charge < -0.3 is 9.47 Å². The van der Waals surface area contributed by atoms with Crippen LogP contribution in [0.25, 0.3) is 0 Å². The van der Waals surface area contributed by atoms with Crippen LogP contribution in [0.1, 0.15) is 11.1 Å². The van der Waals surface area contributed by atoms with E-state index < -0.39 is 5.82 Å². The predicted octanol–water partition coefficient (Wildman–Crippen LogP) is 5.96. The third-order valence-corrected chi connectivity index (χ3v) is 5.85. The van der Waals surface area contributed by atoms with E-state index in [1.54, 1.807) is 36.4 Å². The minimum atomic E-state index is -0.465. The molecule has 0 radical (unpaired) electrons. The highest BCUT2D eigenvalue weighted by atomic mass is 35.5. The largest absolute Gasteiger partial charge is 0.493 e. The van der Waals surface area contributed by atoms with E-state index in [4.69, 9.17) is 32.7 Å². The van der Waals surface area contributed by atoms with Crippen molar-refractivity contribution in [2.24, 2.45) is 5.10 Å². The third kappa shape index (κ3) is 6.63. The summed E-state index contributed by atoms with van der Waals surface area (Å²) < 4.78 is 25.2. The molecule has 1 amide bonds. The summed E-state index contributed by atoms with van der Waals surface area (Å²) in [5, 5.41) is 4.90. The molecule has 3 rings (SSSR count). The number of methoxy groups -OCH3 is 1. The highest BCUT2D eigenvalue weighted by Crippen LogP contribution is 2.32. The summed E-state index contributed by atoms with van der Waals surface area (Å²) in [6, 6.07) is 16.8. The average Bonchev–Trinajstić information content (AvgIpc) is 2.79. The fourth-order valence-electron chi connectivity index (χ4n) is 2.65. The first-order chi connectivity index (χ1) is 15.5. The molecule has 0 heterocycles. The number of halogens is 3. The molecule has 32 heavy (non-hydrogen) atoms. The summed E-state index contributed by atoms with van der Waals surface area (Å²) >= 11 is 13.3. The molecular formula is C23H19Cl2FN2O3S. The number of hydrazone groups is 1. The van der Waals surface area contributed by atoms with Crippen molar-refractivity contribution in [1.82, 2.24) is 5.43 Å². The van der Waals surface area contributed by atoms with Gasteiger partial charge >= 0.3 is 0 Å². The quantitative estimate of drug-likeness (QED) is 0.227. The normalized spacial score (nSPS) is 10.9. The maximum absolute atomic E-state index is 14.1. The van der Waals surface area contributed by atoms with Crippen LogP contribution in [0, 0.1) is 5.82 Å². The third-order valence-electron chi connectivity index (χ3n) is 4.23. The fourth-order valence-corrected chi connectivity index (χ4v) is 3.68. The van der Waals surface area contributed by atoms with Gasteiger partial charge in [-0.25, -0.2) is 9.82 Å². The van der Waals surface area contributed by atoms with Crippen LogP contribution in [0.5, 0.6) is 11.5 Å². The van der Waals surface area contributed by atoms with Crippen molar-refractivity contribution >= 4 is 47.1 Å². The average molecular weight is 493 g/mol. The zero-order chi connectivity index (χ0) is 22.9. The molecule has 3 aromatic rings. The van der Waals surface area contributed by atoms with Crippen LogP contribution in [0.2, 0.25) is 10.0 Å². The molecule has 0 fully saturated rings. The van der Waals surface area contributed by atoms with E-state index in [1.807, 2.05) is 12.1 Å². The second-order valence-electron chi connectivity index (χ2n) is 6.40. The summed E-state index contributed by atoms with van der Waals surface area (Å²) in [5.74, 6) is 0.235. The van der Waals surface area contributed by atoms with Gasteiger partial charge in [0.15, 0.2) is 11.5 Å². The Morgan fingerprint density at radius 2 is 1.88 bits per heavy atom. The first-order valence-electron chi connectivity index (χ1n) is 9.41. The second kappa shape index (κ2) is 11.8. The van der Waals surface area contributed by atoms with Gasteiger partial charge in [0.2, 0.25) is 5.91 Å². The number of carbonyl (C=O) groups is 1. The van der Waals surface area contributed by atoms with Crippen molar-refractivity contribution < 1.29 is 18.7 Å². The molecule has 5 nitrogen and oxygen atoms in total. The Labute approximate surface area is 199 Å². The molecule has 0 aromatic heterocycles. The fraction of sp³-hybridized carbons (Fsp3) is 0.130. The molecule has 0 saturated carbocycles. The van der Waals surface area contributed by atoms with Gasteiger partial charge in [0.05, 0.1) is 24.1 Å².